The number of hydrogen-bond acceptors (Lipinski definition) is 5. The lowest BCUT2D eigenvalue weighted by molar-refractivity contribution is -0.137. The molecule has 0 saturated carbocycles. The molecule has 0 bridgehead atoms. The van der Waals surface area contributed by atoms with Crippen LogP contribution in [0.5, 0.6) is 0 Å². The first-order chi connectivity index (χ1) is 10.9. The van der Waals surface area contributed by atoms with Crippen molar-refractivity contribution in [2.45, 2.75) is 6.42 Å². The lowest BCUT2D eigenvalue weighted by atomic mass is 10.2. The van der Waals surface area contributed by atoms with Gasteiger partial charge in [-0.2, -0.15) is 0 Å². The van der Waals surface area contributed by atoms with Gasteiger partial charge in [0.05, 0.1) is 16.8 Å². The Balaban J connectivity index is 2.93. The summed E-state index contributed by atoms with van der Waals surface area (Å²) in [6.07, 6.45) is 3.44. The predicted octanol–water partition coefficient (Wildman–Crippen LogP) is 2.72. The van der Waals surface area contributed by atoms with Gasteiger partial charge < -0.3 is 14.9 Å². The molecule has 0 aliphatic rings. The van der Waals surface area contributed by atoms with Gasteiger partial charge in [0.15, 0.2) is 0 Å². The zero-order valence-electron chi connectivity index (χ0n) is 13.4. The lowest BCUT2D eigenvalue weighted by Gasteiger charge is -2.17. The number of nitrogens with zero attached hydrogens (tertiary/aromatic N) is 2. The number of carbonyl (C=O) groups is 2. The molecular formula is C16H20N2O3S2. The highest BCUT2D eigenvalue weighted by molar-refractivity contribution is 8.03. The third-order valence-corrected chi connectivity index (χ3v) is 4.08. The van der Waals surface area contributed by atoms with Crippen LogP contribution in [0.4, 0.5) is 5.69 Å². The van der Waals surface area contributed by atoms with Crippen molar-refractivity contribution in [1.82, 2.24) is 4.90 Å². The highest BCUT2D eigenvalue weighted by atomic mass is 32.2. The molecule has 23 heavy (non-hydrogen) atoms. The molecule has 5 nitrogen and oxygen atoms in total. The Labute approximate surface area is 146 Å². The van der Waals surface area contributed by atoms with Gasteiger partial charge in [0.2, 0.25) is 0 Å². The van der Waals surface area contributed by atoms with Gasteiger partial charge >= 0.3 is 5.97 Å². The van der Waals surface area contributed by atoms with Crippen LogP contribution in [0.25, 0.3) is 6.08 Å². The summed E-state index contributed by atoms with van der Waals surface area (Å²) in [7, 11) is 3.92. The maximum Gasteiger partial charge on any atom is 0.305 e. The number of aliphatic carboxylic acids is 1. The number of carbonyl (C=O) groups excluding carboxylic acids is 1. The summed E-state index contributed by atoms with van der Waals surface area (Å²) < 4.78 is 0. The first kappa shape index (κ1) is 19.2. The third kappa shape index (κ3) is 6.03. The number of rotatable bonds is 8. The van der Waals surface area contributed by atoms with Crippen molar-refractivity contribution in [3.63, 3.8) is 0 Å². The fraction of sp³-hybridized carbons (Fsp3) is 0.312. The quantitative estimate of drug-likeness (QED) is 0.573. The zero-order valence-corrected chi connectivity index (χ0v) is 15.0. The number of amides is 1. The van der Waals surface area contributed by atoms with Crippen molar-refractivity contribution >= 4 is 53.1 Å². The third-order valence-electron chi connectivity index (χ3n) is 3.09. The van der Waals surface area contributed by atoms with E-state index in [1.165, 1.54) is 22.2 Å². The van der Waals surface area contributed by atoms with Gasteiger partial charge in [-0.3, -0.25) is 9.59 Å². The number of anilines is 1. The van der Waals surface area contributed by atoms with Gasteiger partial charge in [0.25, 0.3) is 5.91 Å². The summed E-state index contributed by atoms with van der Waals surface area (Å²) in [4.78, 5) is 26.8. The molecule has 1 rings (SSSR count). The highest BCUT2D eigenvalue weighted by Crippen LogP contribution is 2.21. The second kappa shape index (κ2) is 9.32. The smallest absolute Gasteiger partial charge is 0.305 e. The second-order valence-electron chi connectivity index (χ2n) is 4.95. The van der Waals surface area contributed by atoms with Crippen molar-refractivity contribution in [2.24, 2.45) is 0 Å². The van der Waals surface area contributed by atoms with Gasteiger partial charge in [-0.05, 0) is 30.0 Å². The molecule has 0 atom stereocenters. The molecule has 0 aliphatic heterocycles. The van der Waals surface area contributed by atoms with Crippen molar-refractivity contribution in [2.75, 3.05) is 31.8 Å². The van der Waals surface area contributed by atoms with Gasteiger partial charge in [-0.15, -0.1) is 11.8 Å². The SMILES string of the molecule is CS/C(=C\c1ccc(N(C)C)cc1)C(=O)N(C=S)CCC(=O)O. The van der Waals surface area contributed by atoms with Crippen molar-refractivity contribution in [3.05, 3.63) is 34.7 Å². The summed E-state index contributed by atoms with van der Waals surface area (Å²) in [5.74, 6) is -1.25. The Hall–Kier alpha value is -1.86. The Morgan fingerprint density at radius 2 is 1.87 bits per heavy atom. The Kier molecular flexibility index (Phi) is 7.77. The minimum absolute atomic E-state index is 0.0646. The van der Waals surface area contributed by atoms with E-state index in [0.29, 0.717) is 4.91 Å². The minimum Gasteiger partial charge on any atom is -0.481 e. The van der Waals surface area contributed by atoms with Crippen LogP contribution in [0.2, 0.25) is 0 Å². The molecular weight excluding hydrogens is 332 g/mol. The lowest BCUT2D eigenvalue weighted by Crippen LogP contribution is -2.31. The number of benzene rings is 1. The number of thiocarbonyl (C=S) groups is 1. The number of carboxylic acid groups (broad SMARTS) is 1. The van der Waals surface area contributed by atoms with Crippen LogP contribution in [0.1, 0.15) is 12.0 Å². The van der Waals surface area contributed by atoms with E-state index in [0.717, 1.165) is 11.3 Å². The summed E-state index contributed by atoms with van der Waals surface area (Å²) in [6.45, 7) is 0.0646. The number of thioether (sulfide) groups is 1. The summed E-state index contributed by atoms with van der Waals surface area (Å²) >= 11 is 6.13. The fourth-order valence-electron chi connectivity index (χ4n) is 1.79. The minimum atomic E-state index is -0.964. The molecule has 0 saturated heterocycles. The molecule has 1 aromatic carbocycles. The molecule has 0 spiro atoms. The summed E-state index contributed by atoms with van der Waals surface area (Å²) in [5, 5.41) is 8.73. The number of carboxylic acids is 1. The van der Waals surface area contributed by atoms with Crippen LogP contribution in [-0.4, -0.2) is 54.3 Å². The zero-order chi connectivity index (χ0) is 17.4. The molecule has 0 aliphatic carbocycles. The second-order valence-corrected chi connectivity index (χ2v) is 6.01. The topological polar surface area (TPSA) is 60.9 Å². The van der Waals surface area contributed by atoms with Crippen LogP contribution in [0, 0.1) is 0 Å². The van der Waals surface area contributed by atoms with Gasteiger partial charge in [0.1, 0.15) is 0 Å². The van der Waals surface area contributed by atoms with E-state index < -0.39 is 5.97 Å². The van der Waals surface area contributed by atoms with Gasteiger partial charge in [0, 0.05) is 26.3 Å². The van der Waals surface area contributed by atoms with E-state index >= 15 is 0 Å². The Bertz CT molecular complexity index is 598. The first-order valence-corrected chi connectivity index (χ1v) is 8.59. The van der Waals surface area contributed by atoms with Crippen LogP contribution in [-0.2, 0) is 9.59 Å². The molecule has 1 amide bonds. The van der Waals surface area contributed by atoms with E-state index in [9.17, 15) is 9.59 Å². The first-order valence-electron chi connectivity index (χ1n) is 6.90. The van der Waals surface area contributed by atoms with Crippen LogP contribution >= 0.6 is 24.0 Å². The largest absolute Gasteiger partial charge is 0.481 e. The van der Waals surface area contributed by atoms with Crippen LogP contribution in [0.3, 0.4) is 0 Å². The van der Waals surface area contributed by atoms with Crippen molar-refractivity contribution in [1.29, 1.82) is 0 Å². The highest BCUT2D eigenvalue weighted by Gasteiger charge is 2.17. The molecule has 0 fully saturated rings. The molecule has 0 unspecified atom stereocenters. The van der Waals surface area contributed by atoms with E-state index in [-0.39, 0.29) is 18.9 Å². The molecule has 1 aromatic rings. The normalized spacial score (nSPS) is 11.0. The van der Waals surface area contributed by atoms with E-state index in [2.05, 4.69) is 0 Å². The predicted molar refractivity (Wildman–Crippen MR) is 99.9 cm³/mol. The molecule has 0 aromatic heterocycles. The van der Waals surface area contributed by atoms with Gasteiger partial charge in [-0.25, -0.2) is 0 Å². The molecule has 1 N–H and O–H groups in total. The maximum absolute atomic E-state index is 12.4. The van der Waals surface area contributed by atoms with Gasteiger partial charge in [-0.1, -0.05) is 24.4 Å². The molecule has 0 radical (unpaired) electrons. The number of hydrogen-bond donors (Lipinski definition) is 1. The Morgan fingerprint density at radius 1 is 1.26 bits per heavy atom. The van der Waals surface area contributed by atoms with Crippen molar-refractivity contribution in [3.8, 4) is 0 Å². The standard InChI is InChI=1S/C16H20N2O3S2/c1-17(2)13-6-4-12(5-7-13)10-14(23-3)16(21)18(11-22)9-8-15(19)20/h4-7,10-11H,8-9H2,1-3H3,(H,19,20)/b14-10-. The summed E-state index contributed by atoms with van der Waals surface area (Å²) in [5.41, 5.74) is 3.17. The maximum atomic E-state index is 12.4. The van der Waals surface area contributed by atoms with E-state index in [4.69, 9.17) is 17.3 Å². The summed E-state index contributed by atoms with van der Waals surface area (Å²) in [6, 6.07) is 7.79. The Morgan fingerprint density at radius 3 is 2.30 bits per heavy atom. The van der Waals surface area contributed by atoms with E-state index in [1.54, 1.807) is 12.3 Å². The van der Waals surface area contributed by atoms with Crippen LogP contribution < -0.4 is 4.90 Å². The van der Waals surface area contributed by atoms with Crippen molar-refractivity contribution < 1.29 is 14.7 Å². The molecule has 7 heteroatoms. The average molecular weight is 352 g/mol. The fourth-order valence-corrected chi connectivity index (χ4v) is 2.53. The van der Waals surface area contributed by atoms with E-state index in [1.807, 2.05) is 43.3 Å². The molecule has 124 valence electrons. The average Bonchev–Trinajstić information content (AvgIpc) is 2.53. The monoisotopic (exact) mass is 352 g/mol. The van der Waals surface area contributed by atoms with Crippen LogP contribution in [0.15, 0.2) is 29.2 Å². The molecule has 0 heterocycles.